The largest absolute Gasteiger partial charge is 0.455 e. The highest BCUT2D eigenvalue weighted by molar-refractivity contribution is 6.24. The van der Waals surface area contributed by atoms with Crippen molar-refractivity contribution in [3.63, 3.8) is 0 Å². The van der Waals surface area contributed by atoms with Gasteiger partial charge in [-0.2, -0.15) is 10.5 Å². The standard InChI is InChI=1S/C51H31N3O.C50H30N4O/c52-32-33-18-20-37(21-19-33)44-30-45-49-41(16-9-17-48(49)55-50(45)43-15-8-7-14-42(43)44)36-26-22-34(23-27-36)35-24-28-39(29-25-35)47-31-46(38-10-3-1-4-11-38)53-51(54-47)40-12-5-2-6-13-40;51-31-32-21-23-34(24-22-32)43-30-44-46-40(19-10-20-45(46)55-47(44)42-18-8-7-17-41(42)43)39-16-9-15-38(29-39)33-25-27-37(28-26-33)50-53-48(35-11-3-1-4-12-35)52-49(54-50)36-13-5-2-6-14-36/h1-31H;1-30H. The Bertz CT molecular complexity index is 6860. The fourth-order valence-corrected chi connectivity index (χ4v) is 15.1. The Morgan fingerprint density at radius 2 is 0.500 bits per heavy atom. The Kier molecular flexibility index (Phi) is 16.8. The highest BCUT2D eigenvalue weighted by Gasteiger charge is 2.22. The summed E-state index contributed by atoms with van der Waals surface area (Å²) < 4.78 is 13.2. The van der Waals surface area contributed by atoms with E-state index in [2.05, 4.69) is 212 Å². The molecule has 20 rings (SSSR count). The number of hydrogen-bond acceptors (Lipinski definition) is 9. The number of rotatable bonds is 12. The van der Waals surface area contributed by atoms with E-state index in [1.807, 2.05) is 170 Å². The zero-order chi connectivity index (χ0) is 73.4. The van der Waals surface area contributed by atoms with Crippen LogP contribution in [0.1, 0.15) is 11.1 Å². The lowest BCUT2D eigenvalue weighted by Crippen LogP contribution is -2.00. The molecule has 0 radical (unpaired) electrons. The van der Waals surface area contributed by atoms with Crippen LogP contribution in [-0.2, 0) is 0 Å². The Morgan fingerprint density at radius 3 is 0.936 bits per heavy atom. The Labute approximate surface area is 633 Å². The third-order valence-corrected chi connectivity index (χ3v) is 20.5. The van der Waals surface area contributed by atoms with Crippen molar-refractivity contribution in [1.29, 1.82) is 10.5 Å². The highest BCUT2D eigenvalue weighted by atomic mass is 16.3. The maximum Gasteiger partial charge on any atom is 0.164 e. The van der Waals surface area contributed by atoms with E-state index >= 15 is 0 Å². The van der Waals surface area contributed by atoms with Crippen molar-refractivity contribution in [2.24, 2.45) is 0 Å². The lowest BCUT2D eigenvalue weighted by molar-refractivity contribution is 0.672. The number of aromatic nitrogens is 5. The second kappa shape index (κ2) is 28.3. The SMILES string of the molecule is N#Cc1ccc(-c2cc3c(oc4cccc(-c5ccc(-c6ccc(-c7cc(-c8ccccc8)nc(-c8ccccc8)n7)cc6)cc5)c43)c3ccccc23)cc1.N#Cc1ccc(-c2cc3c(oc4cccc(-c5cccc(-c6ccc(-c7nc(-c8ccccc8)nc(-c8ccccc8)n7)cc6)c5)c43)c3ccccc23)cc1. The first kappa shape index (κ1) is 65.5. The summed E-state index contributed by atoms with van der Waals surface area (Å²) in [5.74, 6) is 2.61. The number of fused-ring (bicyclic) bond motifs is 10. The molecule has 0 amide bonds. The molecule has 0 unspecified atom stereocenters. The average molecular weight is 1400 g/mol. The Hall–Kier alpha value is -15.3. The fraction of sp³-hybridized carbons (Fsp3) is 0. The first-order valence-electron chi connectivity index (χ1n) is 36.4. The van der Waals surface area contributed by atoms with Crippen LogP contribution >= 0.6 is 0 Å². The van der Waals surface area contributed by atoms with Gasteiger partial charge in [0.15, 0.2) is 23.3 Å². The van der Waals surface area contributed by atoms with Gasteiger partial charge in [0.2, 0.25) is 0 Å². The minimum Gasteiger partial charge on any atom is -0.455 e. The quantitative estimate of drug-likeness (QED) is 0.117. The van der Waals surface area contributed by atoms with Gasteiger partial charge >= 0.3 is 0 Å². The van der Waals surface area contributed by atoms with Gasteiger partial charge in [-0.3, -0.25) is 0 Å². The van der Waals surface area contributed by atoms with Gasteiger partial charge in [0.05, 0.1) is 34.7 Å². The number of benzene rings is 16. The normalized spacial score (nSPS) is 11.3. The van der Waals surface area contributed by atoms with E-state index < -0.39 is 0 Å². The third-order valence-electron chi connectivity index (χ3n) is 20.5. The molecule has 0 bridgehead atoms. The summed E-state index contributed by atoms with van der Waals surface area (Å²) in [4.78, 5) is 24.6. The number of nitrogens with zero attached hydrogens (tertiary/aromatic N) is 7. The molecule has 0 aliphatic rings. The Morgan fingerprint density at radius 1 is 0.200 bits per heavy atom. The smallest absolute Gasteiger partial charge is 0.164 e. The summed E-state index contributed by atoms with van der Waals surface area (Å²) in [5.41, 5.74) is 25.6. The molecule has 0 N–H and O–H groups in total. The number of nitriles is 2. The van der Waals surface area contributed by atoms with Crippen LogP contribution in [0.5, 0.6) is 0 Å². The predicted molar refractivity (Wildman–Crippen MR) is 446 cm³/mol. The van der Waals surface area contributed by atoms with Crippen molar-refractivity contribution in [2.45, 2.75) is 0 Å². The fourth-order valence-electron chi connectivity index (χ4n) is 15.1. The monoisotopic (exact) mass is 1400 g/mol. The van der Waals surface area contributed by atoms with Crippen LogP contribution in [0, 0.1) is 22.7 Å². The maximum atomic E-state index is 9.41. The molecule has 9 nitrogen and oxygen atoms in total. The van der Waals surface area contributed by atoms with E-state index in [4.69, 9.17) is 33.8 Å². The first-order chi connectivity index (χ1) is 54.4. The Balaban J connectivity index is 0.000000149. The van der Waals surface area contributed by atoms with Gasteiger partial charge in [0.25, 0.3) is 0 Å². The molecule has 16 aromatic carbocycles. The summed E-state index contributed by atoms with van der Waals surface area (Å²) in [6, 6.07) is 131. The number of hydrogen-bond donors (Lipinski definition) is 0. The first-order valence-corrected chi connectivity index (χ1v) is 36.4. The van der Waals surface area contributed by atoms with Crippen molar-refractivity contribution in [2.75, 3.05) is 0 Å². The lowest BCUT2D eigenvalue weighted by atomic mass is 9.92. The molecule has 0 fully saturated rings. The molecule has 9 heteroatoms. The number of furan rings is 2. The second-order valence-electron chi connectivity index (χ2n) is 27.2. The summed E-state index contributed by atoms with van der Waals surface area (Å²) >= 11 is 0. The molecule has 0 spiro atoms. The zero-order valence-electron chi connectivity index (χ0n) is 59.2. The van der Waals surface area contributed by atoms with Crippen LogP contribution in [0.3, 0.4) is 0 Å². The van der Waals surface area contributed by atoms with E-state index in [-0.39, 0.29) is 0 Å². The second-order valence-corrected chi connectivity index (χ2v) is 27.2. The molecule has 4 heterocycles. The summed E-state index contributed by atoms with van der Waals surface area (Å²) in [7, 11) is 0. The van der Waals surface area contributed by atoms with Gasteiger partial charge in [0.1, 0.15) is 22.3 Å². The van der Waals surface area contributed by atoms with Gasteiger partial charge in [-0.25, -0.2) is 24.9 Å². The van der Waals surface area contributed by atoms with Gasteiger partial charge in [0, 0.05) is 65.7 Å². The molecule has 512 valence electrons. The molecule has 0 atom stereocenters. The van der Waals surface area contributed by atoms with Crippen molar-refractivity contribution in [3.05, 3.63) is 381 Å². The van der Waals surface area contributed by atoms with Crippen molar-refractivity contribution in [1.82, 2.24) is 24.9 Å². The van der Waals surface area contributed by atoms with E-state index in [9.17, 15) is 10.5 Å². The molecule has 0 saturated heterocycles. The van der Waals surface area contributed by atoms with Crippen LogP contribution in [0.4, 0.5) is 0 Å². The minimum absolute atomic E-state index is 0.624. The lowest BCUT2D eigenvalue weighted by Gasteiger charge is -2.11. The zero-order valence-corrected chi connectivity index (χ0v) is 59.2. The predicted octanol–water partition coefficient (Wildman–Crippen LogP) is 26.2. The van der Waals surface area contributed by atoms with Gasteiger partial charge in [-0.05, 0) is 138 Å². The van der Waals surface area contributed by atoms with Crippen molar-refractivity contribution < 1.29 is 8.83 Å². The van der Waals surface area contributed by atoms with Crippen LogP contribution in [0.2, 0.25) is 0 Å². The van der Waals surface area contributed by atoms with Crippen molar-refractivity contribution >= 4 is 65.4 Å². The topological polar surface area (TPSA) is 138 Å². The summed E-state index contributed by atoms with van der Waals surface area (Å²) in [5, 5.41) is 27.4. The average Bonchev–Trinajstić information content (AvgIpc) is 1.56. The van der Waals surface area contributed by atoms with Crippen LogP contribution < -0.4 is 0 Å². The van der Waals surface area contributed by atoms with E-state index in [0.29, 0.717) is 34.4 Å². The van der Waals surface area contributed by atoms with Crippen LogP contribution in [0.25, 0.3) is 200 Å². The van der Waals surface area contributed by atoms with E-state index in [1.165, 1.54) is 0 Å². The molecule has 20 aromatic rings. The van der Waals surface area contributed by atoms with Gasteiger partial charge in [-0.1, -0.05) is 309 Å². The minimum atomic E-state index is 0.624. The molecule has 0 aliphatic carbocycles. The molecule has 0 saturated carbocycles. The summed E-state index contributed by atoms with van der Waals surface area (Å²) in [6.07, 6.45) is 0. The van der Waals surface area contributed by atoms with Gasteiger partial charge < -0.3 is 8.83 Å². The summed E-state index contributed by atoms with van der Waals surface area (Å²) in [6.45, 7) is 0. The highest BCUT2D eigenvalue weighted by Crippen LogP contribution is 2.46. The van der Waals surface area contributed by atoms with Crippen molar-refractivity contribution in [3.8, 4) is 147 Å². The van der Waals surface area contributed by atoms with Gasteiger partial charge in [-0.15, -0.1) is 0 Å². The maximum absolute atomic E-state index is 9.41. The third kappa shape index (κ3) is 12.4. The van der Waals surface area contributed by atoms with Crippen LogP contribution in [-0.4, -0.2) is 24.9 Å². The van der Waals surface area contributed by atoms with Crippen LogP contribution in [0.15, 0.2) is 379 Å². The van der Waals surface area contributed by atoms with E-state index in [1.54, 1.807) is 0 Å². The molecule has 4 aromatic heterocycles. The molecular formula is C101H61N7O2. The van der Waals surface area contributed by atoms with E-state index in [0.717, 1.165) is 177 Å². The molecule has 0 aliphatic heterocycles. The molecule has 110 heavy (non-hydrogen) atoms. The molecular weight excluding hydrogens is 1340 g/mol.